The molecular formula is C22H21F2N. The van der Waals surface area contributed by atoms with E-state index in [1.807, 2.05) is 45.0 Å². The first kappa shape index (κ1) is 17.2. The minimum Gasteiger partial charge on any atom is -0.380 e. The van der Waals surface area contributed by atoms with Gasteiger partial charge in [-0.05, 0) is 61.2 Å². The zero-order valence-electron chi connectivity index (χ0n) is 14.7. The Balaban J connectivity index is 1.95. The van der Waals surface area contributed by atoms with Gasteiger partial charge in [-0.1, -0.05) is 36.4 Å². The Labute approximate surface area is 147 Å². The van der Waals surface area contributed by atoms with Crippen LogP contribution in [0.5, 0.6) is 0 Å². The van der Waals surface area contributed by atoms with E-state index < -0.39 is 0 Å². The van der Waals surface area contributed by atoms with E-state index in [0.29, 0.717) is 23.2 Å². The summed E-state index contributed by atoms with van der Waals surface area (Å²) < 4.78 is 28.5. The van der Waals surface area contributed by atoms with Gasteiger partial charge in [-0.2, -0.15) is 0 Å². The second-order valence-corrected chi connectivity index (χ2v) is 6.42. The fourth-order valence-corrected chi connectivity index (χ4v) is 3.12. The maximum atomic E-state index is 15.0. The van der Waals surface area contributed by atoms with Gasteiger partial charge in [0.15, 0.2) is 0 Å². The second-order valence-electron chi connectivity index (χ2n) is 6.42. The highest BCUT2D eigenvalue weighted by atomic mass is 19.1. The minimum atomic E-state index is -0.367. The largest absolute Gasteiger partial charge is 0.380 e. The number of aryl methyl sites for hydroxylation is 3. The molecule has 0 saturated heterocycles. The number of hydrogen-bond acceptors (Lipinski definition) is 1. The van der Waals surface area contributed by atoms with Crippen molar-refractivity contribution in [1.82, 2.24) is 0 Å². The van der Waals surface area contributed by atoms with Crippen molar-refractivity contribution in [2.45, 2.75) is 27.3 Å². The van der Waals surface area contributed by atoms with Crippen LogP contribution in [0.3, 0.4) is 0 Å². The van der Waals surface area contributed by atoms with Crippen LogP contribution >= 0.6 is 0 Å². The Hall–Kier alpha value is -2.68. The molecule has 3 aromatic rings. The van der Waals surface area contributed by atoms with Crippen molar-refractivity contribution in [1.29, 1.82) is 0 Å². The lowest BCUT2D eigenvalue weighted by atomic mass is 9.99. The van der Waals surface area contributed by atoms with E-state index in [9.17, 15) is 4.39 Å². The number of para-hydroxylation sites is 1. The molecule has 0 aliphatic heterocycles. The lowest BCUT2D eigenvalue weighted by Gasteiger charge is -2.15. The van der Waals surface area contributed by atoms with Crippen LogP contribution < -0.4 is 5.32 Å². The smallest absolute Gasteiger partial charge is 0.136 e. The van der Waals surface area contributed by atoms with Gasteiger partial charge >= 0.3 is 0 Å². The monoisotopic (exact) mass is 337 g/mol. The third-order valence-electron chi connectivity index (χ3n) is 4.36. The number of rotatable bonds is 4. The van der Waals surface area contributed by atoms with E-state index in [-0.39, 0.29) is 11.6 Å². The summed E-state index contributed by atoms with van der Waals surface area (Å²) >= 11 is 0. The third kappa shape index (κ3) is 3.71. The quantitative estimate of drug-likeness (QED) is 0.600. The molecule has 1 nitrogen and oxygen atoms in total. The number of halogens is 2. The van der Waals surface area contributed by atoms with Crippen LogP contribution in [0.2, 0.25) is 0 Å². The predicted molar refractivity (Wildman–Crippen MR) is 99.8 cm³/mol. The summed E-state index contributed by atoms with van der Waals surface area (Å²) in [6.45, 7) is 6.35. The van der Waals surface area contributed by atoms with Gasteiger partial charge in [0.2, 0.25) is 0 Å². The Kier molecular flexibility index (Phi) is 4.84. The van der Waals surface area contributed by atoms with E-state index in [1.165, 1.54) is 12.1 Å². The molecule has 0 bridgehead atoms. The summed E-state index contributed by atoms with van der Waals surface area (Å²) in [5.41, 5.74) is 5.76. The molecule has 25 heavy (non-hydrogen) atoms. The molecule has 0 aliphatic rings. The molecule has 0 aromatic heterocycles. The van der Waals surface area contributed by atoms with Gasteiger partial charge < -0.3 is 5.32 Å². The Morgan fingerprint density at radius 2 is 1.52 bits per heavy atom. The van der Waals surface area contributed by atoms with Crippen molar-refractivity contribution in [2.24, 2.45) is 0 Å². The van der Waals surface area contributed by atoms with Crippen LogP contribution in [0.1, 0.15) is 22.3 Å². The Morgan fingerprint density at radius 3 is 2.20 bits per heavy atom. The summed E-state index contributed by atoms with van der Waals surface area (Å²) in [6, 6.07) is 15.7. The lowest BCUT2D eigenvalue weighted by molar-refractivity contribution is 0.614. The van der Waals surface area contributed by atoms with E-state index in [1.54, 1.807) is 18.2 Å². The topological polar surface area (TPSA) is 12.0 Å². The lowest BCUT2D eigenvalue weighted by Crippen LogP contribution is -2.06. The van der Waals surface area contributed by atoms with Gasteiger partial charge in [0.1, 0.15) is 11.6 Å². The van der Waals surface area contributed by atoms with E-state index >= 15 is 4.39 Å². The molecule has 0 saturated carbocycles. The van der Waals surface area contributed by atoms with Gasteiger partial charge in [-0.25, -0.2) is 8.78 Å². The fraction of sp³-hybridized carbons (Fsp3) is 0.182. The average molecular weight is 337 g/mol. The van der Waals surface area contributed by atoms with Gasteiger partial charge in [-0.3, -0.25) is 0 Å². The molecule has 0 unspecified atom stereocenters. The SMILES string of the molecule is Cc1cc(CNc2c(C)cccc2C)c(F)c(-c2cccc(F)c2)c1. The van der Waals surface area contributed by atoms with Crippen LogP contribution in [0.25, 0.3) is 11.1 Å². The van der Waals surface area contributed by atoms with Gasteiger partial charge in [0.25, 0.3) is 0 Å². The first-order chi connectivity index (χ1) is 12.0. The molecule has 3 aromatic carbocycles. The summed E-state index contributed by atoms with van der Waals surface area (Å²) in [7, 11) is 0. The highest BCUT2D eigenvalue weighted by molar-refractivity contribution is 5.66. The van der Waals surface area contributed by atoms with Crippen molar-refractivity contribution in [3.05, 3.63) is 88.5 Å². The molecule has 1 N–H and O–H groups in total. The van der Waals surface area contributed by atoms with Crippen LogP contribution in [0, 0.1) is 32.4 Å². The minimum absolute atomic E-state index is 0.310. The van der Waals surface area contributed by atoms with E-state index in [0.717, 1.165) is 22.4 Å². The first-order valence-electron chi connectivity index (χ1n) is 8.31. The molecular weight excluding hydrogens is 316 g/mol. The molecule has 0 heterocycles. The number of nitrogens with one attached hydrogen (secondary N) is 1. The maximum Gasteiger partial charge on any atom is 0.136 e. The summed E-state index contributed by atoms with van der Waals surface area (Å²) in [4.78, 5) is 0. The number of anilines is 1. The van der Waals surface area contributed by atoms with E-state index in [4.69, 9.17) is 0 Å². The molecule has 128 valence electrons. The van der Waals surface area contributed by atoms with Gasteiger partial charge in [-0.15, -0.1) is 0 Å². The molecule has 3 heteroatoms. The van der Waals surface area contributed by atoms with Gasteiger partial charge in [0, 0.05) is 23.4 Å². The number of benzene rings is 3. The molecule has 3 rings (SSSR count). The Bertz CT molecular complexity index is 896. The molecule has 0 radical (unpaired) electrons. The molecule has 0 atom stereocenters. The summed E-state index contributed by atoms with van der Waals surface area (Å²) in [6.07, 6.45) is 0. The maximum absolute atomic E-state index is 15.0. The third-order valence-corrected chi connectivity index (χ3v) is 4.36. The molecule has 0 fully saturated rings. The molecule has 0 spiro atoms. The van der Waals surface area contributed by atoms with Crippen molar-refractivity contribution in [3.63, 3.8) is 0 Å². The zero-order valence-corrected chi connectivity index (χ0v) is 14.7. The van der Waals surface area contributed by atoms with E-state index in [2.05, 4.69) is 5.32 Å². The second kappa shape index (κ2) is 7.06. The summed E-state index contributed by atoms with van der Waals surface area (Å²) in [5, 5.41) is 3.34. The standard InChI is InChI=1S/C22H21F2N/c1-14-10-18(13-25-22-15(2)6-4-7-16(22)3)21(24)20(11-14)17-8-5-9-19(23)12-17/h4-12,25H,13H2,1-3H3. The van der Waals surface area contributed by atoms with Gasteiger partial charge in [0.05, 0.1) is 0 Å². The average Bonchev–Trinajstić information content (AvgIpc) is 2.57. The van der Waals surface area contributed by atoms with Crippen molar-refractivity contribution >= 4 is 5.69 Å². The van der Waals surface area contributed by atoms with Crippen molar-refractivity contribution in [2.75, 3.05) is 5.32 Å². The number of hydrogen-bond donors (Lipinski definition) is 1. The highest BCUT2D eigenvalue weighted by Crippen LogP contribution is 2.28. The van der Waals surface area contributed by atoms with Crippen LogP contribution in [0.4, 0.5) is 14.5 Å². The van der Waals surface area contributed by atoms with Crippen LogP contribution in [-0.4, -0.2) is 0 Å². The van der Waals surface area contributed by atoms with Crippen LogP contribution in [-0.2, 0) is 6.54 Å². The van der Waals surface area contributed by atoms with Crippen LogP contribution in [0.15, 0.2) is 54.6 Å². The predicted octanol–water partition coefficient (Wildman–Crippen LogP) is 6.17. The normalized spacial score (nSPS) is 10.8. The first-order valence-corrected chi connectivity index (χ1v) is 8.31. The molecule has 0 aliphatic carbocycles. The highest BCUT2D eigenvalue weighted by Gasteiger charge is 2.13. The molecule has 0 amide bonds. The Morgan fingerprint density at radius 1 is 0.840 bits per heavy atom. The zero-order chi connectivity index (χ0) is 18.0. The fourth-order valence-electron chi connectivity index (χ4n) is 3.12. The summed E-state index contributed by atoms with van der Waals surface area (Å²) in [5.74, 6) is -0.677. The van der Waals surface area contributed by atoms with Crippen molar-refractivity contribution in [3.8, 4) is 11.1 Å². The van der Waals surface area contributed by atoms with Crippen molar-refractivity contribution < 1.29 is 8.78 Å².